The normalized spacial score (nSPS) is 15.3. The fourth-order valence-electron chi connectivity index (χ4n) is 5.91. The number of rotatable bonds is 11. The number of allylic oxidation sites excluding steroid dienone is 4. The summed E-state index contributed by atoms with van der Waals surface area (Å²) in [6.45, 7) is 4.21. The van der Waals surface area contributed by atoms with Crippen molar-refractivity contribution < 1.29 is 13.5 Å². The second kappa shape index (κ2) is 13.8. The van der Waals surface area contributed by atoms with Gasteiger partial charge in [0.1, 0.15) is 11.6 Å². The first-order chi connectivity index (χ1) is 20.8. The molecule has 2 N–H and O–H groups in total. The van der Waals surface area contributed by atoms with E-state index in [4.69, 9.17) is 15.5 Å². The Morgan fingerprint density at radius 2 is 1.86 bits per heavy atom. The van der Waals surface area contributed by atoms with Crippen LogP contribution in [0.2, 0.25) is 0 Å². The van der Waals surface area contributed by atoms with Crippen LogP contribution < -0.4 is 10.5 Å². The number of pyridine rings is 1. The molecule has 7 heteroatoms. The number of benzene rings is 3. The molecule has 2 atom stereocenters. The molecular formula is C36H36BrF2N3O. The molecule has 0 fully saturated rings. The summed E-state index contributed by atoms with van der Waals surface area (Å²) in [4.78, 5) is 7.14. The molecular weight excluding hydrogens is 608 g/mol. The summed E-state index contributed by atoms with van der Waals surface area (Å²) < 4.78 is 36.8. The third kappa shape index (κ3) is 6.96. The van der Waals surface area contributed by atoms with Crippen LogP contribution in [0.4, 0.5) is 8.78 Å². The quantitative estimate of drug-likeness (QED) is 0.178. The Bertz CT molecular complexity index is 1670. The van der Waals surface area contributed by atoms with Crippen molar-refractivity contribution in [1.29, 1.82) is 0 Å². The molecule has 0 saturated heterocycles. The first kappa shape index (κ1) is 30.8. The number of fused-ring (bicyclic) bond motifs is 1. The van der Waals surface area contributed by atoms with Crippen molar-refractivity contribution in [3.8, 4) is 5.88 Å². The van der Waals surface area contributed by atoms with Crippen LogP contribution in [0.1, 0.15) is 42.4 Å². The van der Waals surface area contributed by atoms with Gasteiger partial charge in [-0.15, -0.1) is 0 Å². The maximum Gasteiger partial charge on any atom is 0.217 e. The molecule has 0 saturated carbocycles. The lowest BCUT2D eigenvalue weighted by Gasteiger charge is -2.40. The van der Waals surface area contributed by atoms with Gasteiger partial charge in [0.05, 0.1) is 18.2 Å². The Morgan fingerprint density at radius 3 is 2.60 bits per heavy atom. The summed E-state index contributed by atoms with van der Waals surface area (Å²) in [6, 6.07) is 21.3. The SMILES string of the molecule is CCN(CCC(N)(c1ccc(F)cc1F)C(c1ccccc1)c1cc2cc(Br)ccc2nc1OC)CC1=CCC=CC=C1. The third-order valence-electron chi connectivity index (χ3n) is 8.12. The third-order valence-corrected chi connectivity index (χ3v) is 8.62. The number of nitrogens with two attached hydrogens (primary N) is 1. The minimum atomic E-state index is -1.30. The molecule has 1 aromatic heterocycles. The molecule has 0 bridgehead atoms. The fraction of sp³-hybridized carbons (Fsp3) is 0.250. The van der Waals surface area contributed by atoms with Gasteiger partial charge < -0.3 is 10.5 Å². The zero-order valence-electron chi connectivity index (χ0n) is 24.4. The number of hydrogen-bond donors (Lipinski definition) is 1. The summed E-state index contributed by atoms with van der Waals surface area (Å²) in [5, 5.41) is 0.893. The average molecular weight is 645 g/mol. The number of hydrogen-bond acceptors (Lipinski definition) is 4. The average Bonchev–Trinajstić information content (AvgIpc) is 3.28. The van der Waals surface area contributed by atoms with Crippen LogP contribution in [0.3, 0.4) is 0 Å². The van der Waals surface area contributed by atoms with E-state index in [-0.39, 0.29) is 5.56 Å². The minimum absolute atomic E-state index is 0.243. The van der Waals surface area contributed by atoms with E-state index in [0.717, 1.165) is 52.1 Å². The van der Waals surface area contributed by atoms with E-state index in [1.807, 2.05) is 54.6 Å². The molecule has 2 unspecified atom stereocenters. The van der Waals surface area contributed by atoms with Crippen molar-refractivity contribution in [1.82, 2.24) is 9.88 Å². The predicted molar refractivity (Wildman–Crippen MR) is 174 cm³/mol. The van der Waals surface area contributed by atoms with Crippen molar-refractivity contribution >= 4 is 26.8 Å². The van der Waals surface area contributed by atoms with E-state index >= 15 is 4.39 Å². The topological polar surface area (TPSA) is 51.4 Å². The van der Waals surface area contributed by atoms with E-state index in [2.05, 4.69) is 58.1 Å². The van der Waals surface area contributed by atoms with Gasteiger partial charge in [-0.1, -0.05) is 89.6 Å². The molecule has 3 aromatic carbocycles. The van der Waals surface area contributed by atoms with Crippen LogP contribution in [-0.2, 0) is 5.54 Å². The second-order valence-corrected chi connectivity index (χ2v) is 11.8. The highest BCUT2D eigenvalue weighted by Crippen LogP contribution is 2.46. The highest BCUT2D eigenvalue weighted by Gasteiger charge is 2.42. The van der Waals surface area contributed by atoms with Crippen LogP contribution in [0.15, 0.2) is 113 Å². The number of halogens is 3. The number of aromatic nitrogens is 1. The van der Waals surface area contributed by atoms with Gasteiger partial charge in [0.2, 0.25) is 5.88 Å². The molecule has 0 aliphatic heterocycles. The lowest BCUT2D eigenvalue weighted by Crippen LogP contribution is -2.47. The molecule has 1 heterocycles. The molecule has 222 valence electrons. The molecule has 0 radical (unpaired) electrons. The minimum Gasteiger partial charge on any atom is -0.481 e. The summed E-state index contributed by atoms with van der Waals surface area (Å²) in [7, 11) is 1.58. The van der Waals surface area contributed by atoms with Crippen LogP contribution in [0.25, 0.3) is 10.9 Å². The van der Waals surface area contributed by atoms with Gasteiger partial charge in [-0.2, -0.15) is 0 Å². The molecule has 1 aliphatic rings. The largest absolute Gasteiger partial charge is 0.481 e. The van der Waals surface area contributed by atoms with E-state index in [0.29, 0.717) is 18.8 Å². The van der Waals surface area contributed by atoms with Gasteiger partial charge in [0.25, 0.3) is 0 Å². The summed E-state index contributed by atoms with van der Waals surface area (Å²) >= 11 is 3.57. The van der Waals surface area contributed by atoms with Crippen molar-refractivity contribution in [3.05, 3.63) is 142 Å². The maximum atomic E-state index is 15.8. The lowest BCUT2D eigenvalue weighted by atomic mass is 9.69. The molecule has 0 spiro atoms. The monoisotopic (exact) mass is 643 g/mol. The Hall–Kier alpha value is -3.65. The zero-order chi connectivity index (χ0) is 30.4. The first-order valence-corrected chi connectivity index (χ1v) is 15.3. The van der Waals surface area contributed by atoms with Gasteiger partial charge in [-0.25, -0.2) is 13.8 Å². The molecule has 1 aliphatic carbocycles. The van der Waals surface area contributed by atoms with Crippen LogP contribution in [-0.4, -0.2) is 36.6 Å². The van der Waals surface area contributed by atoms with Gasteiger partial charge >= 0.3 is 0 Å². The molecule has 5 rings (SSSR count). The first-order valence-electron chi connectivity index (χ1n) is 14.5. The lowest BCUT2D eigenvalue weighted by molar-refractivity contribution is 0.245. The van der Waals surface area contributed by atoms with Crippen LogP contribution in [0, 0.1) is 11.6 Å². The van der Waals surface area contributed by atoms with Gasteiger partial charge in [-0.3, -0.25) is 4.90 Å². The van der Waals surface area contributed by atoms with Crippen LogP contribution in [0.5, 0.6) is 5.88 Å². The van der Waals surface area contributed by atoms with Gasteiger partial charge in [0, 0.05) is 46.1 Å². The van der Waals surface area contributed by atoms with Crippen molar-refractivity contribution in [2.45, 2.75) is 31.2 Å². The molecule has 4 nitrogen and oxygen atoms in total. The number of nitrogens with zero attached hydrogens (tertiary/aromatic N) is 2. The second-order valence-electron chi connectivity index (χ2n) is 10.9. The number of methoxy groups -OCH3 is 1. The summed E-state index contributed by atoms with van der Waals surface area (Å²) in [5.41, 5.74) is 10.1. The number of likely N-dealkylation sites (N-methyl/N-ethyl adjacent to an activating group) is 1. The fourth-order valence-corrected chi connectivity index (χ4v) is 6.29. The number of ether oxygens (including phenoxy) is 1. The van der Waals surface area contributed by atoms with E-state index in [1.165, 1.54) is 17.7 Å². The summed E-state index contributed by atoms with van der Waals surface area (Å²) in [5.74, 6) is -1.48. The van der Waals surface area contributed by atoms with Crippen molar-refractivity contribution in [2.24, 2.45) is 5.73 Å². The summed E-state index contributed by atoms with van der Waals surface area (Å²) in [6.07, 6.45) is 11.8. The van der Waals surface area contributed by atoms with E-state index in [1.54, 1.807) is 7.11 Å². The van der Waals surface area contributed by atoms with Gasteiger partial charge in [0.15, 0.2) is 0 Å². The highest BCUT2D eigenvalue weighted by molar-refractivity contribution is 9.10. The maximum absolute atomic E-state index is 15.8. The Balaban J connectivity index is 1.67. The highest BCUT2D eigenvalue weighted by atomic mass is 79.9. The van der Waals surface area contributed by atoms with Crippen molar-refractivity contribution in [2.75, 3.05) is 26.7 Å². The Kier molecular flexibility index (Phi) is 9.86. The van der Waals surface area contributed by atoms with Crippen LogP contribution >= 0.6 is 15.9 Å². The standard InChI is InChI=1S/C36H36BrF2N3O/c1-3-42(24-25-11-7-4-5-8-12-25)20-19-36(40,31-17-16-29(38)23-32(31)39)34(26-13-9-6-10-14-26)30-22-27-21-28(37)15-18-33(27)41-35(30)43-2/h4-7,9-18,21-23,34H,3,8,19-20,24,40H2,1-2H3. The van der Waals surface area contributed by atoms with E-state index < -0.39 is 23.1 Å². The Morgan fingerprint density at radius 1 is 1.05 bits per heavy atom. The molecule has 43 heavy (non-hydrogen) atoms. The molecule has 0 amide bonds. The molecule has 4 aromatic rings. The van der Waals surface area contributed by atoms with Gasteiger partial charge in [-0.05, 0) is 60.9 Å². The van der Waals surface area contributed by atoms with E-state index in [9.17, 15) is 4.39 Å². The smallest absolute Gasteiger partial charge is 0.217 e. The predicted octanol–water partition coefficient (Wildman–Crippen LogP) is 8.42. The Labute approximate surface area is 260 Å². The van der Waals surface area contributed by atoms with Crippen molar-refractivity contribution in [3.63, 3.8) is 0 Å². The zero-order valence-corrected chi connectivity index (χ0v) is 26.0.